The molecule has 1 saturated carbocycles. The Balaban J connectivity index is 2.14. The Morgan fingerprint density at radius 2 is 2.15 bits per heavy atom. The minimum absolute atomic E-state index is 0.433. The number of halogens is 2. The standard InChI is InChI=1S/C10H17Cl2N/c1-8(5-11)6-13(2)7-9-3-10(12)4-9/h5,9-10H,3-4,6-7H2,1-2H3. The van der Waals surface area contributed by atoms with E-state index in [1.54, 1.807) is 5.54 Å². The largest absolute Gasteiger partial charge is 0.302 e. The number of hydrogen-bond donors (Lipinski definition) is 0. The van der Waals surface area contributed by atoms with Gasteiger partial charge in [-0.1, -0.05) is 11.6 Å². The van der Waals surface area contributed by atoms with Crippen LogP contribution in [0.3, 0.4) is 0 Å². The van der Waals surface area contributed by atoms with Crippen LogP contribution < -0.4 is 0 Å². The van der Waals surface area contributed by atoms with E-state index in [1.807, 2.05) is 0 Å². The molecule has 1 rings (SSSR count). The van der Waals surface area contributed by atoms with Crippen LogP contribution in [0.15, 0.2) is 11.1 Å². The molecule has 0 spiro atoms. The molecule has 0 aromatic carbocycles. The molecule has 0 aromatic heterocycles. The van der Waals surface area contributed by atoms with Crippen molar-refractivity contribution in [2.24, 2.45) is 5.92 Å². The molecule has 0 heterocycles. The molecule has 0 bridgehead atoms. The fourth-order valence-corrected chi connectivity index (χ4v) is 2.34. The number of rotatable bonds is 4. The van der Waals surface area contributed by atoms with Crippen molar-refractivity contribution in [2.45, 2.75) is 25.1 Å². The predicted molar refractivity (Wildman–Crippen MR) is 59.5 cm³/mol. The summed E-state index contributed by atoms with van der Waals surface area (Å²) in [5.74, 6) is 0.802. The lowest BCUT2D eigenvalue weighted by atomic mass is 9.84. The normalized spacial score (nSPS) is 29.2. The second-order valence-corrected chi connectivity index (χ2v) is 4.92. The summed E-state index contributed by atoms with van der Waals surface area (Å²) in [6.07, 6.45) is 2.35. The van der Waals surface area contributed by atoms with E-state index in [0.717, 1.165) is 19.0 Å². The fraction of sp³-hybridized carbons (Fsp3) is 0.800. The highest BCUT2D eigenvalue weighted by atomic mass is 35.5. The topological polar surface area (TPSA) is 3.24 Å². The summed E-state index contributed by atoms with van der Waals surface area (Å²) in [6.45, 7) is 4.16. The maximum absolute atomic E-state index is 5.91. The highest BCUT2D eigenvalue weighted by Gasteiger charge is 2.27. The van der Waals surface area contributed by atoms with Gasteiger partial charge in [-0.25, -0.2) is 0 Å². The predicted octanol–water partition coefficient (Wildman–Crippen LogP) is 3.08. The van der Waals surface area contributed by atoms with Crippen molar-refractivity contribution in [1.82, 2.24) is 4.90 Å². The number of likely N-dealkylation sites (N-methyl/N-ethyl adjacent to an activating group) is 1. The summed E-state index contributed by atoms with van der Waals surface area (Å²) in [5.41, 5.74) is 2.87. The maximum atomic E-state index is 5.91. The summed E-state index contributed by atoms with van der Waals surface area (Å²) in [7, 11) is 2.13. The molecule has 3 heteroatoms. The van der Waals surface area contributed by atoms with Crippen molar-refractivity contribution in [1.29, 1.82) is 0 Å². The summed E-state index contributed by atoms with van der Waals surface area (Å²) < 4.78 is 0. The van der Waals surface area contributed by atoms with E-state index in [0.29, 0.717) is 5.38 Å². The molecule has 0 aliphatic heterocycles. The van der Waals surface area contributed by atoms with Gasteiger partial charge in [0.15, 0.2) is 0 Å². The van der Waals surface area contributed by atoms with Crippen LogP contribution >= 0.6 is 23.2 Å². The quantitative estimate of drug-likeness (QED) is 0.660. The number of nitrogens with zero attached hydrogens (tertiary/aromatic N) is 1. The zero-order valence-corrected chi connectivity index (χ0v) is 9.78. The lowest BCUT2D eigenvalue weighted by Gasteiger charge is -2.34. The van der Waals surface area contributed by atoms with Gasteiger partial charge in [-0.3, -0.25) is 0 Å². The van der Waals surface area contributed by atoms with Gasteiger partial charge in [-0.15, -0.1) is 11.6 Å². The van der Waals surface area contributed by atoms with Crippen LogP contribution in [-0.4, -0.2) is 30.4 Å². The smallest absolute Gasteiger partial charge is 0.0342 e. The number of alkyl halides is 1. The first kappa shape index (κ1) is 11.4. The van der Waals surface area contributed by atoms with Gasteiger partial charge in [0.2, 0.25) is 0 Å². The highest BCUT2D eigenvalue weighted by Crippen LogP contribution is 2.32. The molecular weight excluding hydrogens is 205 g/mol. The fourth-order valence-electron chi connectivity index (χ4n) is 1.77. The zero-order chi connectivity index (χ0) is 9.84. The molecule has 0 amide bonds. The molecule has 1 aliphatic carbocycles. The first-order valence-electron chi connectivity index (χ1n) is 4.70. The van der Waals surface area contributed by atoms with Gasteiger partial charge in [0.1, 0.15) is 0 Å². The van der Waals surface area contributed by atoms with E-state index in [1.165, 1.54) is 18.4 Å². The average Bonchev–Trinajstić information content (AvgIpc) is 2.01. The van der Waals surface area contributed by atoms with Crippen LogP contribution in [0.1, 0.15) is 19.8 Å². The van der Waals surface area contributed by atoms with Crippen molar-refractivity contribution >= 4 is 23.2 Å². The van der Waals surface area contributed by atoms with E-state index >= 15 is 0 Å². The van der Waals surface area contributed by atoms with Crippen LogP contribution in [-0.2, 0) is 0 Å². The van der Waals surface area contributed by atoms with Gasteiger partial charge >= 0.3 is 0 Å². The monoisotopic (exact) mass is 221 g/mol. The van der Waals surface area contributed by atoms with Gasteiger partial charge < -0.3 is 4.90 Å². The van der Waals surface area contributed by atoms with Gasteiger partial charge in [0, 0.05) is 24.0 Å². The van der Waals surface area contributed by atoms with E-state index in [4.69, 9.17) is 23.2 Å². The lowest BCUT2D eigenvalue weighted by molar-refractivity contribution is 0.219. The first-order valence-corrected chi connectivity index (χ1v) is 5.57. The molecule has 0 radical (unpaired) electrons. The molecule has 0 atom stereocenters. The third-order valence-electron chi connectivity index (χ3n) is 2.45. The SMILES string of the molecule is CC(=CCl)CN(C)CC1CC(Cl)C1. The van der Waals surface area contributed by atoms with Gasteiger partial charge in [-0.05, 0) is 38.3 Å². The summed E-state index contributed by atoms with van der Waals surface area (Å²) >= 11 is 11.5. The van der Waals surface area contributed by atoms with Crippen LogP contribution in [0.5, 0.6) is 0 Å². The van der Waals surface area contributed by atoms with E-state index < -0.39 is 0 Å². The molecule has 0 saturated heterocycles. The minimum atomic E-state index is 0.433. The van der Waals surface area contributed by atoms with Crippen LogP contribution in [0.25, 0.3) is 0 Å². The Hall–Kier alpha value is 0.280. The molecule has 0 unspecified atom stereocenters. The van der Waals surface area contributed by atoms with Crippen LogP contribution in [0.2, 0.25) is 0 Å². The highest BCUT2D eigenvalue weighted by molar-refractivity contribution is 6.25. The second-order valence-electron chi connectivity index (χ2n) is 4.09. The third kappa shape index (κ3) is 3.88. The molecule has 0 aromatic rings. The van der Waals surface area contributed by atoms with Gasteiger partial charge in [0.05, 0.1) is 0 Å². The molecular formula is C10H17Cl2N. The average molecular weight is 222 g/mol. The van der Waals surface area contributed by atoms with Crippen LogP contribution in [0, 0.1) is 5.92 Å². The summed E-state index contributed by atoms with van der Waals surface area (Å²) in [6, 6.07) is 0. The van der Waals surface area contributed by atoms with E-state index in [9.17, 15) is 0 Å². The molecule has 1 fully saturated rings. The Kier molecular flexibility index (Phi) is 4.57. The molecule has 76 valence electrons. The Labute approximate surface area is 90.7 Å². The number of hydrogen-bond acceptors (Lipinski definition) is 1. The zero-order valence-electron chi connectivity index (χ0n) is 8.26. The van der Waals surface area contributed by atoms with E-state index in [-0.39, 0.29) is 0 Å². The second kappa shape index (κ2) is 5.23. The Morgan fingerprint density at radius 1 is 1.54 bits per heavy atom. The summed E-state index contributed by atoms with van der Waals surface area (Å²) in [4.78, 5) is 2.31. The first-order chi connectivity index (χ1) is 6.11. The van der Waals surface area contributed by atoms with Crippen molar-refractivity contribution in [3.05, 3.63) is 11.1 Å². The maximum Gasteiger partial charge on any atom is 0.0342 e. The molecule has 1 aliphatic rings. The molecule has 13 heavy (non-hydrogen) atoms. The lowest BCUT2D eigenvalue weighted by Crippen LogP contribution is -2.35. The van der Waals surface area contributed by atoms with Crippen molar-refractivity contribution in [2.75, 3.05) is 20.1 Å². The molecule has 0 N–H and O–H groups in total. The molecule has 1 nitrogen and oxygen atoms in total. The van der Waals surface area contributed by atoms with Crippen molar-refractivity contribution in [3.63, 3.8) is 0 Å². The summed E-state index contributed by atoms with van der Waals surface area (Å²) in [5, 5.41) is 0.433. The Bertz CT molecular complexity index is 185. The third-order valence-corrected chi connectivity index (χ3v) is 3.18. The minimum Gasteiger partial charge on any atom is -0.302 e. The van der Waals surface area contributed by atoms with Crippen molar-refractivity contribution in [3.8, 4) is 0 Å². The Morgan fingerprint density at radius 3 is 2.62 bits per heavy atom. The van der Waals surface area contributed by atoms with Crippen LogP contribution in [0.4, 0.5) is 0 Å². The van der Waals surface area contributed by atoms with E-state index in [2.05, 4.69) is 18.9 Å². The van der Waals surface area contributed by atoms with Gasteiger partial charge in [0.25, 0.3) is 0 Å². The van der Waals surface area contributed by atoms with Gasteiger partial charge in [-0.2, -0.15) is 0 Å². The van der Waals surface area contributed by atoms with Crippen molar-refractivity contribution < 1.29 is 0 Å².